The summed E-state index contributed by atoms with van der Waals surface area (Å²) in [5, 5.41) is 11.1. The Hall–Kier alpha value is -1.78. The highest BCUT2D eigenvalue weighted by Gasteiger charge is 2.30. The predicted octanol–water partition coefficient (Wildman–Crippen LogP) is 2.66. The average Bonchev–Trinajstić information content (AvgIpc) is 2.77. The molecule has 1 aromatic carbocycles. The molecule has 1 fully saturated rings. The third-order valence-electron chi connectivity index (χ3n) is 3.74. The molecule has 0 bridgehead atoms. The number of rotatable bonds is 3. The van der Waals surface area contributed by atoms with E-state index in [9.17, 15) is 10.1 Å². The molecule has 0 aromatic heterocycles. The molecule has 2 N–H and O–H groups in total. The van der Waals surface area contributed by atoms with Crippen molar-refractivity contribution in [2.24, 2.45) is 11.8 Å². The molecule has 1 saturated heterocycles. The number of hydrogen-bond donors (Lipinski definition) is 1. The van der Waals surface area contributed by atoms with Crippen molar-refractivity contribution < 1.29 is 4.92 Å². The lowest BCUT2D eigenvalue weighted by Gasteiger charge is -2.20. The fraction of sp³-hybridized carbons (Fsp3) is 0.538. The molecule has 1 aromatic rings. The van der Waals surface area contributed by atoms with Gasteiger partial charge in [0, 0.05) is 13.1 Å². The molecule has 1 atom stereocenters. The number of nitro benzene ring substituents is 1. The predicted molar refractivity (Wildman–Crippen MR) is 72.7 cm³/mol. The van der Waals surface area contributed by atoms with Crippen LogP contribution in [0.25, 0.3) is 0 Å². The number of anilines is 2. The first-order chi connectivity index (χ1) is 8.50. The lowest BCUT2D eigenvalue weighted by Crippen LogP contribution is -2.22. The molecule has 5 heteroatoms. The van der Waals surface area contributed by atoms with Gasteiger partial charge in [0.2, 0.25) is 0 Å². The van der Waals surface area contributed by atoms with E-state index in [-0.39, 0.29) is 16.3 Å². The van der Waals surface area contributed by atoms with Crippen LogP contribution in [0.4, 0.5) is 17.1 Å². The third kappa shape index (κ3) is 2.25. The summed E-state index contributed by atoms with van der Waals surface area (Å²) in [5.74, 6) is 1.21. The molecule has 0 radical (unpaired) electrons. The quantitative estimate of drug-likeness (QED) is 0.508. The van der Waals surface area contributed by atoms with Crippen LogP contribution in [0.15, 0.2) is 18.2 Å². The van der Waals surface area contributed by atoms with Crippen molar-refractivity contribution in [2.45, 2.75) is 20.3 Å². The summed E-state index contributed by atoms with van der Waals surface area (Å²) in [6.07, 6.45) is 1.09. The van der Waals surface area contributed by atoms with Gasteiger partial charge in [-0.25, -0.2) is 0 Å². The molecule has 1 aliphatic heterocycles. The van der Waals surface area contributed by atoms with Gasteiger partial charge in [-0.2, -0.15) is 0 Å². The summed E-state index contributed by atoms with van der Waals surface area (Å²) in [6, 6.07) is 5.15. The molecule has 2 rings (SSSR count). The second kappa shape index (κ2) is 4.84. The van der Waals surface area contributed by atoms with Crippen molar-refractivity contribution in [2.75, 3.05) is 23.7 Å². The van der Waals surface area contributed by atoms with E-state index in [2.05, 4.69) is 18.7 Å². The zero-order valence-corrected chi connectivity index (χ0v) is 10.8. The Labute approximate surface area is 107 Å². The molecule has 1 aliphatic rings. The molecule has 1 unspecified atom stereocenters. The van der Waals surface area contributed by atoms with Crippen LogP contribution in [0.2, 0.25) is 0 Å². The van der Waals surface area contributed by atoms with E-state index in [1.54, 1.807) is 18.2 Å². The van der Waals surface area contributed by atoms with Gasteiger partial charge in [-0.1, -0.05) is 19.9 Å². The van der Waals surface area contributed by atoms with Gasteiger partial charge in [-0.15, -0.1) is 0 Å². The van der Waals surface area contributed by atoms with Crippen LogP contribution in [-0.2, 0) is 0 Å². The van der Waals surface area contributed by atoms with E-state index in [1.165, 1.54) is 0 Å². The second-order valence-corrected chi connectivity index (χ2v) is 5.21. The summed E-state index contributed by atoms with van der Waals surface area (Å²) >= 11 is 0. The Morgan fingerprint density at radius 3 is 2.78 bits per heavy atom. The minimum atomic E-state index is -0.382. The molecule has 0 aliphatic carbocycles. The highest BCUT2D eigenvalue weighted by atomic mass is 16.6. The molecule has 98 valence electrons. The molecular formula is C13H19N3O2. The van der Waals surface area contributed by atoms with Gasteiger partial charge in [0.05, 0.1) is 4.92 Å². The molecule has 1 heterocycles. The Bertz CT molecular complexity index is 460. The molecule has 0 amide bonds. The SMILES string of the molecule is CC(C)C1CCN(c2cccc(N)c2[N+](=O)[O-])C1. The first-order valence-corrected chi connectivity index (χ1v) is 6.28. The standard InChI is InChI=1S/C13H19N3O2/c1-9(2)10-6-7-15(8-10)12-5-3-4-11(14)13(12)16(17)18/h3-5,9-10H,6-8,14H2,1-2H3. The van der Waals surface area contributed by atoms with Crippen LogP contribution in [0.5, 0.6) is 0 Å². The van der Waals surface area contributed by atoms with E-state index >= 15 is 0 Å². The zero-order valence-electron chi connectivity index (χ0n) is 10.8. The van der Waals surface area contributed by atoms with Crippen LogP contribution >= 0.6 is 0 Å². The fourth-order valence-corrected chi connectivity index (χ4v) is 2.55. The minimum Gasteiger partial charge on any atom is -0.393 e. The highest BCUT2D eigenvalue weighted by Crippen LogP contribution is 2.37. The minimum absolute atomic E-state index is 0.0434. The van der Waals surface area contributed by atoms with Crippen molar-refractivity contribution in [3.05, 3.63) is 28.3 Å². The van der Waals surface area contributed by atoms with Crippen molar-refractivity contribution >= 4 is 17.1 Å². The van der Waals surface area contributed by atoms with Crippen molar-refractivity contribution in [3.63, 3.8) is 0 Å². The van der Waals surface area contributed by atoms with E-state index in [0.29, 0.717) is 17.5 Å². The Kier molecular flexibility index (Phi) is 3.41. The number of hydrogen-bond acceptors (Lipinski definition) is 4. The summed E-state index contributed by atoms with van der Waals surface area (Å²) in [7, 11) is 0. The van der Waals surface area contributed by atoms with Gasteiger partial charge in [0.15, 0.2) is 0 Å². The van der Waals surface area contributed by atoms with Crippen molar-refractivity contribution in [1.29, 1.82) is 0 Å². The van der Waals surface area contributed by atoms with Crippen LogP contribution in [0, 0.1) is 22.0 Å². The summed E-state index contributed by atoms with van der Waals surface area (Å²) in [6.45, 7) is 6.14. The van der Waals surface area contributed by atoms with E-state index < -0.39 is 0 Å². The maximum Gasteiger partial charge on any atom is 0.315 e. The lowest BCUT2D eigenvalue weighted by molar-refractivity contribution is -0.383. The van der Waals surface area contributed by atoms with Gasteiger partial charge in [0.25, 0.3) is 0 Å². The number of para-hydroxylation sites is 1. The largest absolute Gasteiger partial charge is 0.393 e. The number of nitrogens with zero attached hydrogens (tertiary/aromatic N) is 2. The Balaban J connectivity index is 2.30. The van der Waals surface area contributed by atoms with Gasteiger partial charge in [-0.05, 0) is 30.4 Å². The average molecular weight is 249 g/mol. The molecular weight excluding hydrogens is 230 g/mol. The van der Waals surface area contributed by atoms with Crippen molar-refractivity contribution in [1.82, 2.24) is 0 Å². The number of nitrogens with two attached hydrogens (primary N) is 1. The normalized spacial score (nSPS) is 19.5. The Morgan fingerprint density at radius 1 is 1.50 bits per heavy atom. The maximum atomic E-state index is 11.1. The zero-order chi connectivity index (χ0) is 13.3. The smallest absolute Gasteiger partial charge is 0.315 e. The third-order valence-corrected chi connectivity index (χ3v) is 3.74. The van der Waals surface area contributed by atoms with Crippen LogP contribution in [0.1, 0.15) is 20.3 Å². The summed E-state index contributed by atoms with van der Waals surface area (Å²) in [4.78, 5) is 12.8. The number of nitrogen functional groups attached to an aromatic ring is 1. The van der Waals surface area contributed by atoms with E-state index in [0.717, 1.165) is 19.5 Å². The monoisotopic (exact) mass is 249 g/mol. The highest BCUT2D eigenvalue weighted by molar-refractivity contribution is 5.75. The lowest BCUT2D eigenvalue weighted by atomic mass is 9.95. The number of benzene rings is 1. The fourth-order valence-electron chi connectivity index (χ4n) is 2.55. The van der Waals surface area contributed by atoms with Gasteiger partial charge < -0.3 is 10.6 Å². The van der Waals surface area contributed by atoms with Crippen LogP contribution < -0.4 is 10.6 Å². The Morgan fingerprint density at radius 2 is 2.22 bits per heavy atom. The van der Waals surface area contributed by atoms with Gasteiger partial charge in [0.1, 0.15) is 11.4 Å². The molecule has 5 nitrogen and oxygen atoms in total. The summed E-state index contributed by atoms with van der Waals surface area (Å²) in [5.41, 5.74) is 6.66. The molecule has 0 saturated carbocycles. The maximum absolute atomic E-state index is 11.1. The van der Waals surface area contributed by atoms with E-state index in [4.69, 9.17) is 5.73 Å². The first-order valence-electron chi connectivity index (χ1n) is 6.28. The van der Waals surface area contributed by atoms with E-state index in [1.807, 2.05) is 0 Å². The van der Waals surface area contributed by atoms with Crippen LogP contribution in [0.3, 0.4) is 0 Å². The van der Waals surface area contributed by atoms with Gasteiger partial charge >= 0.3 is 5.69 Å². The van der Waals surface area contributed by atoms with Crippen LogP contribution in [-0.4, -0.2) is 18.0 Å². The summed E-state index contributed by atoms with van der Waals surface area (Å²) < 4.78 is 0. The molecule has 18 heavy (non-hydrogen) atoms. The van der Waals surface area contributed by atoms with Gasteiger partial charge in [-0.3, -0.25) is 10.1 Å². The molecule has 0 spiro atoms. The van der Waals surface area contributed by atoms with Crippen molar-refractivity contribution in [3.8, 4) is 0 Å². The number of nitro groups is 1. The second-order valence-electron chi connectivity index (χ2n) is 5.21. The first kappa shape index (κ1) is 12.7. The topological polar surface area (TPSA) is 72.4 Å².